The molecule has 0 aliphatic carbocycles. The van der Waals surface area contributed by atoms with E-state index in [-0.39, 0.29) is 12.0 Å². The Hall–Kier alpha value is -0.710. The van der Waals surface area contributed by atoms with Gasteiger partial charge in [-0.05, 0) is 13.8 Å². The first-order valence-electron chi connectivity index (χ1n) is 4.99. The molecular formula is C11H22N2O2. The Balaban J connectivity index is 4.43. The highest BCUT2D eigenvalue weighted by Gasteiger charge is 2.35. The molecule has 88 valence electrons. The zero-order chi connectivity index (χ0) is 12.1. The summed E-state index contributed by atoms with van der Waals surface area (Å²) in [5.41, 5.74) is -0.393. The summed E-state index contributed by atoms with van der Waals surface area (Å²) in [6.07, 6.45) is 4.28. The maximum Gasteiger partial charge on any atom is 0.0922 e. The van der Waals surface area contributed by atoms with Crippen LogP contribution < -0.4 is 5.90 Å². The molecule has 0 heterocycles. The average molecular weight is 214 g/mol. The molecular weight excluding hydrogens is 192 g/mol. The van der Waals surface area contributed by atoms with E-state index in [4.69, 9.17) is 21.3 Å². The van der Waals surface area contributed by atoms with Crippen LogP contribution >= 0.6 is 0 Å². The number of aliphatic hydroxyl groups is 1. The molecule has 0 unspecified atom stereocenters. The Morgan fingerprint density at radius 2 is 1.93 bits per heavy atom. The molecule has 0 aromatic heterocycles. The summed E-state index contributed by atoms with van der Waals surface area (Å²) < 4.78 is 0. The van der Waals surface area contributed by atoms with Gasteiger partial charge in [0.05, 0.1) is 12.2 Å². The number of hydrogen-bond donors (Lipinski definition) is 3. The molecule has 0 aromatic rings. The van der Waals surface area contributed by atoms with Gasteiger partial charge in [0.1, 0.15) is 0 Å². The van der Waals surface area contributed by atoms with Crippen molar-refractivity contribution in [3.8, 4) is 0 Å². The van der Waals surface area contributed by atoms with E-state index in [1.165, 1.54) is 0 Å². The van der Waals surface area contributed by atoms with Gasteiger partial charge in [-0.15, -0.1) is 0 Å². The standard InChI is InChI=1S/C11H22N2O2/c1-10(2,11(3,4)15-13)7-5-6-9(12)8-14/h5,7,12,14H,6,8,13H2,1-4H3/b7-5+,12-9?. The number of allylic oxidation sites excluding steroid dienone is 1. The Bertz CT molecular complexity index is 245. The van der Waals surface area contributed by atoms with Crippen molar-refractivity contribution in [2.45, 2.75) is 39.7 Å². The van der Waals surface area contributed by atoms with Crippen LogP contribution in [0.5, 0.6) is 0 Å². The normalized spacial score (nSPS) is 13.5. The van der Waals surface area contributed by atoms with Crippen molar-refractivity contribution in [2.75, 3.05) is 6.61 Å². The molecule has 0 saturated heterocycles. The van der Waals surface area contributed by atoms with E-state index in [1.807, 2.05) is 39.8 Å². The van der Waals surface area contributed by atoms with Gasteiger partial charge in [-0.1, -0.05) is 26.0 Å². The quantitative estimate of drug-likeness (QED) is 0.357. The van der Waals surface area contributed by atoms with Gasteiger partial charge in [-0.25, -0.2) is 5.90 Å². The number of aliphatic hydroxyl groups excluding tert-OH is 1. The van der Waals surface area contributed by atoms with Crippen molar-refractivity contribution in [3.63, 3.8) is 0 Å². The molecule has 0 atom stereocenters. The van der Waals surface area contributed by atoms with Gasteiger partial charge in [0, 0.05) is 17.5 Å². The summed E-state index contributed by atoms with van der Waals surface area (Å²) in [5.74, 6) is 5.23. The monoisotopic (exact) mass is 214 g/mol. The smallest absolute Gasteiger partial charge is 0.0922 e. The molecule has 0 amide bonds. The van der Waals surface area contributed by atoms with Crippen LogP contribution in [0.25, 0.3) is 0 Å². The zero-order valence-electron chi connectivity index (χ0n) is 10.0. The van der Waals surface area contributed by atoms with Crippen LogP contribution in [0.15, 0.2) is 12.2 Å². The highest BCUT2D eigenvalue weighted by molar-refractivity contribution is 5.83. The Morgan fingerprint density at radius 3 is 2.33 bits per heavy atom. The van der Waals surface area contributed by atoms with Gasteiger partial charge in [-0.2, -0.15) is 0 Å². The van der Waals surface area contributed by atoms with Gasteiger partial charge in [-0.3, -0.25) is 4.84 Å². The maximum absolute atomic E-state index is 8.67. The third-order valence-electron chi connectivity index (χ3n) is 2.94. The third-order valence-corrected chi connectivity index (χ3v) is 2.94. The molecule has 0 saturated carbocycles. The van der Waals surface area contributed by atoms with Gasteiger partial charge < -0.3 is 10.5 Å². The van der Waals surface area contributed by atoms with E-state index in [2.05, 4.69) is 0 Å². The Kier molecular flexibility index (Phi) is 5.14. The largest absolute Gasteiger partial charge is 0.390 e. The highest BCUT2D eigenvalue weighted by atomic mass is 16.6. The van der Waals surface area contributed by atoms with Gasteiger partial charge in [0.2, 0.25) is 0 Å². The summed E-state index contributed by atoms with van der Waals surface area (Å²) in [5, 5.41) is 16.0. The van der Waals surface area contributed by atoms with Crippen molar-refractivity contribution in [3.05, 3.63) is 12.2 Å². The van der Waals surface area contributed by atoms with Crippen molar-refractivity contribution in [2.24, 2.45) is 11.3 Å². The van der Waals surface area contributed by atoms with Crippen LogP contribution in [0.3, 0.4) is 0 Å². The maximum atomic E-state index is 8.67. The summed E-state index contributed by atoms with van der Waals surface area (Å²) in [6.45, 7) is 7.66. The van der Waals surface area contributed by atoms with Crippen LogP contribution in [0, 0.1) is 10.8 Å². The zero-order valence-corrected chi connectivity index (χ0v) is 10.0. The van der Waals surface area contributed by atoms with Crippen LogP contribution in [-0.2, 0) is 4.84 Å². The summed E-state index contributed by atoms with van der Waals surface area (Å²) >= 11 is 0. The summed E-state index contributed by atoms with van der Waals surface area (Å²) in [4.78, 5) is 4.93. The van der Waals surface area contributed by atoms with Crippen molar-refractivity contribution >= 4 is 5.71 Å². The average Bonchev–Trinajstić information content (AvgIpc) is 2.16. The van der Waals surface area contributed by atoms with Gasteiger partial charge in [0.25, 0.3) is 0 Å². The van der Waals surface area contributed by atoms with Crippen LogP contribution in [-0.4, -0.2) is 23.0 Å². The molecule has 0 radical (unpaired) electrons. The first-order valence-corrected chi connectivity index (χ1v) is 4.99. The van der Waals surface area contributed by atoms with Crippen molar-refractivity contribution in [1.29, 1.82) is 5.41 Å². The number of nitrogens with one attached hydrogen (secondary N) is 1. The lowest BCUT2D eigenvalue weighted by Crippen LogP contribution is -2.42. The molecule has 4 N–H and O–H groups in total. The van der Waals surface area contributed by atoms with Crippen molar-refractivity contribution < 1.29 is 9.94 Å². The lowest BCUT2D eigenvalue weighted by molar-refractivity contribution is -0.0811. The van der Waals surface area contributed by atoms with E-state index in [0.29, 0.717) is 12.1 Å². The second-order valence-electron chi connectivity index (χ2n) is 4.72. The van der Waals surface area contributed by atoms with Crippen LogP contribution in [0.2, 0.25) is 0 Å². The second-order valence-corrected chi connectivity index (χ2v) is 4.72. The van der Waals surface area contributed by atoms with Crippen molar-refractivity contribution in [1.82, 2.24) is 0 Å². The predicted octanol–water partition coefficient (Wildman–Crippen LogP) is 1.64. The second kappa shape index (κ2) is 5.39. The topological polar surface area (TPSA) is 79.3 Å². The molecule has 0 aliphatic rings. The lowest BCUT2D eigenvalue weighted by Gasteiger charge is -2.37. The molecule has 0 fully saturated rings. The highest BCUT2D eigenvalue weighted by Crippen LogP contribution is 2.33. The number of nitrogens with two attached hydrogens (primary N) is 1. The van der Waals surface area contributed by atoms with Crippen LogP contribution in [0.4, 0.5) is 0 Å². The van der Waals surface area contributed by atoms with E-state index >= 15 is 0 Å². The molecule has 0 bridgehead atoms. The van der Waals surface area contributed by atoms with E-state index in [1.54, 1.807) is 0 Å². The van der Waals surface area contributed by atoms with Crippen LogP contribution in [0.1, 0.15) is 34.1 Å². The summed E-state index contributed by atoms with van der Waals surface area (Å²) in [7, 11) is 0. The fourth-order valence-corrected chi connectivity index (χ4v) is 0.913. The molecule has 0 spiro atoms. The molecule has 0 aromatic carbocycles. The van der Waals surface area contributed by atoms with E-state index in [9.17, 15) is 0 Å². The fourth-order valence-electron chi connectivity index (χ4n) is 0.913. The minimum absolute atomic E-state index is 0.193. The first kappa shape index (κ1) is 14.3. The molecule has 15 heavy (non-hydrogen) atoms. The minimum Gasteiger partial charge on any atom is -0.390 e. The molecule has 4 heteroatoms. The molecule has 0 aliphatic heterocycles. The fraction of sp³-hybridized carbons (Fsp3) is 0.727. The Morgan fingerprint density at radius 1 is 1.40 bits per heavy atom. The van der Waals surface area contributed by atoms with Gasteiger partial charge in [0.15, 0.2) is 0 Å². The third kappa shape index (κ3) is 4.11. The molecule has 0 rings (SSSR count). The number of hydrogen-bond acceptors (Lipinski definition) is 4. The van der Waals surface area contributed by atoms with E-state index in [0.717, 1.165) is 0 Å². The minimum atomic E-state index is -0.467. The Labute approximate surface area is 91.6 Å². The van der Waals surface area contributed by atoms with Gasteiger partial charge >= 0.3 is 0 Å². The lowest BCUT2D eigenvalue weighted by atomic mass is 9.77. The first-order chi connectivity index (χ1) is 6.77. The SMILES string of the molecule is CC(C)(/C=C/CC(=N)CO)C(C)(C)ON. The number of rotatable bonds is 6. The molecule has 4 nitrogen and oxygen atoms in total. The van der Waals surface area contributed by atoms with E-state index < -0.39 is 5.60 Å². The summed E-state index contributed by atoms with van der Waals surface area (Å²) in [6, 6.07) is 0. The predicted molar refractivity (Wildman–Crippen MR) is 61.7 cm³/mol.